The lowest BCUT2D eigenvalue weighted by Crippen LogP contribution is -2.01. The number of halogens is 1. The Bertz CT molecular complexity index is 689. The van der Waals surface area contributed by atoms with E-state index in [2.05, 4.69) is 9.97 Å². The van der Waals surface area contributed by atoms with Gasteiger partial charge in [0.05, 0.1) is 4.92 Å². The van der Waals surface area contributed by atoms with Gasteiger partial charge in [-0.2, -0.15) is 4.98 Å². The van der Waals surface area contributed by atoms with E-state index < -0.39 is 4.92 Å². The Hall–Kier alpha value is -2.21. The summed E-state index contributed by atoms with van der Waals surface area (Å²) >= 11 is 5.93. The van der Waals surface area contributed by atoms with Crippen molar-refractivity contribution in [1.82, 2.24) is 9.97 Å². The molecule has 0 bridgehead atoms. The van der Waals surface area contributed by atoms with Gasteiger partial charge in [-0.25, -0.2) is 4.98 Å². The van der Waals surface area contributed by atoms with E-state index in [4.69, 9.17) is 16.3 Å². The van der Waals surface area contributed by atoms with Crippen LogP contribution in [0.3, 0.4) is 0 Å². The zero-order chi connectivity index (χ0) is 15.6. The van der Waals surface area contributed by atoms with Crippen LogP contribution in [0.4, 0.5) is 5.69 Å². The number of nitro benzene ring substituents is 1. The maximum absolute atomic E-state index is 11.1. The van der Waals surface area contributed by atoms with Crippen LogP contribution in [0.2, 0.25) is 5.15 Å². The lowest BCUT2D eigenvalue weighted by molar-refractivity contribution is -0.386. The van der Waals surface area contributed by atoms with Gasteiger partial charge in [-0.15, -0.1) is 0 Å². The van der Waals surface area contributed by atoms with Crippen LogP contribution in [0.15, 0.2) is 24.3 Å². The number of aryl methyl sites for hydroxylation is 1. The quantitative estimate of drug-likeness (QED) is 0.479. The largest absolute Gasteiger partial charge is 0.432 e. The maximum atomic E-state index is 11.1. The van der Waals surface area contributed by atoms with Crippen molar-refractivity contribution in [2.45, 2.75) is 26.7 Å². The third-order valence-corrected chi connectivity index (χ3v) is 3.00. The molecule has 110 valence electrons. The number of ether oxygens (including phenoxy) is 1. The molecule has 0 saturated carbocycles. The molecule has 0 atom stereocenters. The summed E-state index contributed by atoms with van der Waals surface area (Å²) in [6, 6.07) is 6.29. The van der Waals surface area contributed by atoms with Crippen LogP contribution in [0, 0.1) is 17.0 Å². The second-order valence-corrected chi connectivity index (χ2v) is 5.21. The van der Waals surface area contributed by atoms with Gasteiger partial charge < -0.3 is 4.74 Å². The number of hydrogen-bond acceptors (Lipinski definition) is 5. The SMILES string of the molecule is Cc1cccc(Oc2cc(Cl)nc(C(C)C)n2)c1[N+](=O)[O-]. The van der Waals surface area contributed by atoms with E-state index in [0.29, 0.717) is 11.4 Å². The van der Waals surface area contributed by atoms with Gasteiger partial charge in [0, 0.05) is 17.5 Å². The lowest BCUT2D eigenvalue weighted by atomic mass is 10.2. The maximum Gasteiger partial charge on any atom is 0.314 e. The number of nitrogens with zero attached hydrogens (tertiary/aromatic N) is 3. The molecule has 1 aromatic carbocycles. The van der Waals surface area contributed by atoms with Crippen molar-refractivity contribution in [3.63, 3.8) is 0 Å². The fourth-order valence-corrected chi connectivity index (χ4v) is 1.97. The Kier molecular flexibility index (Phi) is 4.37. The Labute approximate surface area is 126 Å². The molecule has 1 aromatic heterocycles. The molecule has 2 rings (SSSR count). The summed E-state index contributed by atoms with van der Waals surface area (Å²) in [5, 5.41) is 11.4. The molecule has 0 fully saturated rings. The van der Waals surface area contributed by atoms with Crippen molar-refractivity contribution in [2.75, 3.05) is 0 Å². The van der Waals surface area contributed by atoms with Gasteiger partial charge in [-0.05, 0) is 13.0 Å². The van der Waals surface area contributed by atoms with Crippen LogP contribution in [0.5, 0.6) is 11.6 Å². The van der Waals surface area contributed by atoms with Crippen LogP contribution >= 0.6 is 11.6 Å². The van der Waals surface area contributed by atoms with Crippen molar-refractivity contribution in [2.24, 2.45) is 0 Å². The molecule has 7 heteroatoms. The van der Waals surface area contributed by atoms with Crippen LogP contribution in [0.1, 0.15) is 31.2 Å². The normalized spacial score (nSPS) is 10.7. The summed E-state index contributed by atoms with van der Waals surface area (Å²) in [6.07, 6.45) is 0. The first-order valence-electron chi connectivity index (χ1n) is 6.35. The highest BCUT2D eigenvalue weighted by Gasteiger charge is 2.20. The minimum absolute atomic E-state index is 0.0681. The zero-order valence-corrected chi connectivity index (χ0v) is 12.6. The molecular weight excluding hydrogens is 294 g/mol. The summed E-state index contributed by atoms with van der Waals surface area (Å²) < 4.78 is 5.55. The molecule has 0 amide bonds. The standard InChI is InChI=1S/C14H14ClN3O3/c1-8(2)14-16-11(15)7-12(17-14)21-10-6-4-5-9(3)13(10)18(19)20/h4-8H,1-3H3. The first-order valence-corrected chi connectivity index (χ1v) is 6.72. The number of para-hydroxylation sites is 1. The third kappa shape index (κ3) is 3.46. The van der Waals surface area contributed by atoms with E-state index in [0.717, 1.165) is 0 Å². The molecule has 0 aliphatic carbocycles. The molecule has 0 spiro atoms. The summed E-state index contributed by atoms with van der Waals surface area (Å²) in [7, 11) is 0. The molecule has 0 aliphatic rings. The van der Waals surface area contributed by atoms with Crippen LogP contribution in [0.25, 0.3) is 0 Å². The zero-order valence-electron chi connectivity index (χ0n) is 11.8. The highest BCUT2D eigenvalue weighted by molar-refractivity contribution is 6.29. The summed E-state index contributed by atoms with van der Waals surface area (Å²) in [5.41, 5.74) is 0.431. The van der Waals surface area contributed by atoms with E-state index in [1.807, 2.05) is 13.8 Å². The van der Waals surface area contributed by atoms with Gasteiger partial charge in [0.25, 0.3) is 0 Å². The number of benzene rings is 1. The molecule has 0 N–H and O–H groups in total. The Morgan fingerprint density at radius 2 is 2.05 bits per heavy atom. The van der Waals surface area contributed by atoms with E-state index >= 15 is 0 Å². The van der Waals surface area contributed by atoms with Crippen LogP contribution in [-0.2, 0) is 0 Å². The minimum Gasteiger partial charge on any atom is -0.432 e. The highest BCUT2D eigenvalue weighted by Crippen LogP contribution is 2.34. The molecule has 2 aromatic rings. The topological polar surface area (TPSA) is 78.2 Å². The van der Waals surface area contributed by atoms with Gasteiger partial charge >= 0.3 is 5.69 Å². The van der Waals surface area contributed by atoms with Gasteiger partial charge in [-0.3, -0.25) is 10.1 Å². The van der Waals surface area contributed by atoms with Gasteiger partial charge in [0.15, 0.2) is 0 Å². The monoisotopic (exact) mass is 307 g/mol. The average Bonchev–Trinajstić information content (AvgIpc) is 2.37. The predicted octanol–water partition coefficient (Wildman–Crippen LogP) is 4.26. The van der Waals surface area contributed by atoms with Gasteiger partial charge in [0.1, 0.15) is 11.0 Å². The number of aromatic nitrogens is 2. The molecule has 6 nitrogen and oxygen atoms in total. The van der Waals surface area contributed by atoms with E-state index in [1.54, 1.807) is 19.1 Å². The van der Waals surface area contributed by atoms with Crippen molar-refractivity contribution in [3.8, 4) is 11.6 Å². The Morgan fingerprint density at radius 1 is 1.33 bits per heavy atom. The summed E-state index contributed by atoms with van der Waals surface area (Å²) in [4.78, 5) is 19.0. The van der Waals surface area contributed by atoms with Crippen molar-refractivity contribution < 1.29 is 9.66 Å². The van der Waals surface area contributed by atoms with Gasteiger partial charge in [-0.1, -0.05) is 37.6 Å². The van der Waals surface area contributed by atoms with E-state index in [-0.39, 0.29) is 28.4 Å². The number of nitro groups is 1. The van der Waals surface area contributed by atoms with Crippen molar-refractivity contribution in [1.29, 1.82) is 0 Å². The Morgan fingerprint density at radius 3 is 2.67 bits per heavy atom. The second-order valence-electron chi connectivity index (χ2n) is 4.82. The van der Waals surface area contributed by atoms with Gasteiger partial charge in [0.2, 0.25) is 11.6 Å². The smallest absolute Gasteiger partial charge is 0.314 e. The van der Waals surface area contributed by atoms with Crippen LogP contribution in [-0.4, -0.2) is 14.9 Å². The van der Waals surface area contributed by atoms with Crippen molar-refractivity contribution >= 4 is 17.3 Å². The Balaban J connectivity index is 2.43. The average molecular weight is 308 g/mol. The highest BCUT2D eigenvalue weighted by atomic mass is 35.5. The van der Waals surface area contributed by atoms with E-state index in [9.17, 15) is 10.1 Å². The van der Waals surface area contributed by atoms with Crippen molar-refractivity contribution in [3.05, 3.63) is 50.9 Å². The van der Waals surface area contributed by atoms with E-state index in [1.165, 1.54) is 12.1 Å². The number of hydrogen-bond donors (Lipinski definition) is 0. The number of rotatable bonds is 4. The third-order valence-electron chi connectivity index (χ3n) is 2.80. The lowest BCUT2D eigenvalue weighted by Gasteiger charge is -2.09. The fraction of sp³-hybridized carbons (Fsp3) is 0.286. The fourth-order valence-electron chi connectivity index (χ4n) is 1.79. The van der Waals surface area contributed by atoms with Crippen LogP contribution < -0.4 is 4.74 Å². The second kappa shape index (κ2) is 6.05. The molecule has 0 aliphatic heterocycles. The molecule has 21 heavy (non-hydrogen) atoms. The molecule has 0 saturated heterocycles. The first-order chi connectivity index (χ1) is 9.88. The summed E-state index contributed by atoms with van der Waals surface area (Å²) in [5.74, 6) is 0.906. The molecule has 0 radical (unpaired) electrons. The first kappa shape index (κ1) is 15.2. The molecular formula is C14H14ClN3O3. The molecule has 0 unspecified atom stereocenters. The predicted molar refractivity (Wildman–Crippen MR) is 79.0 cm³/mol. The summed E-state index contributed by atoms with van der Waals surface area (Å²) in [6.45, 7) is 5.49. The minimum atomic E-state index is -0.475. The molecule has 1 heterocycles.